The molecule has 0 radical (unpaired) electrons. The van der Waals surface area contributed by atoms with Crippen LogP contribution < -0.4 is 15.5 Å². The van der Waals surface area contributed by atoms with Crippen LogP contribution in [0.4, 0.5) is 11.5 Å². The normalized spacial score (nSPS) is 15.6. The number of nitrogens with one attached hydrogen (secondary N) is 3. The molecule has 162 valence electrons. The van der Waals surface area contributed by atoms with E-state index in [1.807, 2.05) is 42.6 Å². The highest BCUT2D eigenvalue weighted by atomic mass is 16.2. The van der Waals surface area contributed by atoms with Gasteiger partial charge in [0.1, 0.15) is 11.9 Å². The average Bonchev–Trinajstić information content (AvgIpc) is 3.17. The first-order chi connectivity index (χ1) is 15.0. The van der Waals surface area contributed by atoms with Crippen molar-refractivity contribution in [1.82, 2.24) is 20.2 Å². The third kappa shape index (κ3) is 5.03. The molecule has 3 heterocycles. The van der Waals surface area contributed by atoms with Crippen LogP contribution in [-0.2, 0) is 16.0 Å². The highest BCUT2D eigenvalue weighted by molar-refractivity contribution is 5.97. The van der Waals surface area contributed by atoms with Crippen molar-refractivity contribution in [3.8, 4) is 0 Å². The molecule has 8 nitrogen and oxygen atoms in total. The predicted molar refractivity (Wildman–Crippen MR) is 122 cm³/mol. The Morgan fingerprint density at radius 1 is 1.13 bits per heavy atom. The Bertz CT molecular complexity index is 1050. The molecular formula is C23H28N6O2. The number of fused-ring (bicyclic) bond motifs is 1. The molecule has 1 atom stereocenters. The minimum Gasteiger partial charge on any atom is -0.361 e. The summed E-state index contributed by atoms with van der Waals surface area (Å²) >= 11 is 0. The lowest BCUT2D eigenvalue weighted by Crippen LogP contribution is -2.45. The van der Waals surface area contributed by atoms with Gasteiger partial charge in [-0.25, -0.2) is 4.98 Å². The summed E-state index contributed by atoms with van der Waals surface area (Å²) in [6.07, 6.45) is 3.95. The topological polar surface area (TPSA) is 93.4 Å². The molecule has 1 aliphatic rings. The third-order valence-electron chi connectivity index (χ3n) is 5.64. The first-order valence-electron chi connectivity index (χ1n) is 10.5. The Hall–Kier alpha value is -3.39. The van der Waals surface area contributed by atoms with Crippen molar-refractivity contribution in [2.45, 2.75) is 19.4 Å². The van der Waals surface area contributed by atoms with E-state index in [-0.39, 0.29) is 11.8 Å². The second-order valence-corrected chi connectivity index (χ2v) is 8.00. The van der Waals surface area contributed by atoms with Crippen molar-refractivity contribution in [2.24, 2.45) is 0 Å². The average molecular weight is 421 g/mol. The number of hydrogen-bond acceptors (Lipinski definition) is 5. The SMILES string of the molecule is CC(=O)N[C@H](Cc1c[nH]c2ccccc12)C(=O)Nc1ccc(N2CCN(C)CC2)nc1. The van der Waals surface area contributed by atoms with E-state index in [9.17, 15) is 9.59 Å². The van der Waals surface area contributed by atoms with Crippen molar-refractivity contribution in [2.75, 3.05) is 43.4 Å². The number of aromatic nitrogens is 2. The molecule has 0 saturated carbocycles. The van der Waals surface area contributed by atoms with Crippen LogP contribution in [0.5, 0.6) is 0 Å². The maximum atomic E-state index is 13.0. The number of H-pyrrole nitrogens is 1. The number of anilines is 2. The van der Waals surface area contributed by atoms with Gasteiger partial charge in [0, 0.05) is 56.6 Å². The molecule has 0 spiro atoms. The quantitative estimate of drug-likeness (QED) is 0.567. The molecule has 0 bridgehead atoms. The zero-order valence-corrected chi connectivity index (χ0v) is 17.9. The Balaban J connectivity index is 1.44. The molecule has 1 aromatic carbocycles. The predicted octanol–water partition coefficient (Wildman–Crippen LogP) is 2.00. The number of rotatable bonds is 6. The largest absolute Gasteiger partial charge is 0.361 e. The fraction of sp³-hybridized carbons (Fsp3) is 0.348. The van der Waals surface area contributed by atoms with Gasteiger partial charge in [-0.05, 0) is 30.8 Å². The molecular weight excluding hydrogens is 392 g/mol. The van der Waals surface area contributed by atoms with Gasteiger partial charge in [-0.2, -0.15) is 0 Å². The van der Waals surface area contributed by atoms with Gasteiger partial charge in [0.25, 0.3) is 0 Å². The van der Waals surface area contributed by atoms with E-state index in [1.165, 1.54) is 6.92 Å². The van der Waals surface area contributed by atoms with Gasteiger partial charge in [-0.1, -0.05) is 18.2 Å². The van der Waals surface area contributed by atoms with Gasteiger partial charge in [-0.3, -0.25) is 9.59 Å². The maximum absolute atomic E-state index is 13.0. The van der Waals surface area contributed by atoms with Crippen molar-refractivity contribution < 1.29 is 9.59 Å². The van der Waals surface area contributed by atoms with Gasteiger partial charge in [0.2, 0.25) is 11.8 Å². The van der Waals surface area contributed by atoms with Crippen LogP contribution in [0.3, 0.4) is 0 Å². The van der Waals surface area contributed by atoms with E-state index in [0.717, 1.165) is 48.5 Å². The van der Waals surface area contributed by atoms with Gasteiger partial charge >= 0.3 is 0 Å². The number of likely N-dealkylation sites (N-methyl/N-ethyl adjacent to an activating group) is 1. The molecule has 3 N–H and O–H groups in total. The zero-order chi connectivity index (χ0) is 21.8. The molecule has 3 aromatic rings. The summed E-state index contributed by atoms with van der Waals surface area (Å²) in [6, 6.07) is 11.0. The number of hydrogen-bond donors (Lipinski definition) is 3. The Labute approximate surface area is 181 Å². The molecule has 1 saturated heterocycles. The van der Waals surface area contributed by atoms with Gasteiger partial charge < -0.3 is 25.4 Å². The standard InChI is InChI=1S/C23H28N6O2/c1-16(30)26-21(13-17-14-24-20-6-4-3-5-19(17)20)23(31)27-18-7-8-22(25-15-18)29-11-9-28(2)10-12-29/h3-8,14-15,21,24H,9-13H2,1-2H3,(H,26,30)(H,27,31)/t21-/m1/s1. The summed E-state index contributed by atoms with van der Waals surface area (Å²) in [5.41, 5.74) is 2.59. The molecule has 2 amide bonds. The number of nitrogens with zero attached hydrogens (tertiary/aromatic N) is 3. The number of benzene rings is 1. The number of pyridine rings is 1. The molecule has 0 aliphatic carbocycles. The van der Waals surface area contributed by atoms with Crippen LogP contribution >= 0.6 is 0 Å². The second-order valence-electron chi connectivity index (χ2n) is 8.00. The maximum Gasteiger partial charge on any atom is 0.247 e. The first-order valence-corrected chi connectivity index (χ1v) is 10.5. The fourth-order valence-corrected chi connectivity index (χ4v) is 3.89. The fourth-order valence-electron chi connectivity index (χ4n) is 3.89. The van der Waals surface area contributed by atoms with Crippen LogP contribution in [0.1, 0.15) is 12.5 Å². The summed E-state index contributed by atoms with van der Waals surface area (Å²) in [5, 5.41) is 6.71. The molecule has 31 heavy (non-hydrogen) atoms. The van der Waals surface area contributed by atoms with E-state index in [2.05, 4.69) is 37.4 Å². The lowest BCUT2D eigenvalue weighted by molar-refractivity contribution is -0.125. The van der Waals surface area contributed by atoms with Crippen molar-refractivity contribution in [3.63, 3.8) is 0 Å². The van der Waals surface area contributed by atoms with Crippen molar-refractivity contribution in [1.29, 1.82) is 0 Å². The van der Waals surface area contributed by atoms with Crippen LogP contribution in [0, 0.1) is 0 Å². The van der Waals surface area contributed by atoms with Crippen LogP contribution in [-0.4, -0.2) is 66.0 Å². The monoisotopic (exact) mass is 420 g/mol. The minimum absolute atomic E-state index is 0.247. The molecule has 0 unspecified atom stereocenters. The van der Waals surface area contributed by atoms with E-state index in [4.69, 9.17) is 0 Å². The highest BCUT2D eigenvalue weighted by Gasteiger charge is 2.22. The van der Waals surface area contributed by atoms with Gasteiger partial charge in [0.15, 0.2) is 0 Å². The van der Waals surface area contributed by atoms with Gasteiger partial charge in [0.05, 0.1) is 11.9 Å². The molecule has 8 heteroatoms. The summed E-state index contributed by atoms with van der Waals surface area (Å²) in [7, 11) is 2.12. The highest BCUT2D eigenvalue weighted by Crippen LogP contribution is 2.20. The van der Waals surface area contributed by atoms with Gasteiger partial charge in [-0.15, -0.1) is 0 Å². The first kappa shape index (κ1) is 20.9. The van der Waals surface area contributed by atoms with Crippen LogP contribution in [0.2, 0.25) is 0 Å². The number of carbonyl (C=O) groups is 2. The van der Waals surface area contributed by atoms with Crippen molar-refractivity contribution in [3.05, 3.63) is 54.4 Å². The minimum atomic E-state index is -0.686. The zero-order valence-electron chi connectivity index (χ0n) is 17.9. The molecule has 1 fully saturated rings. The summed E-state index contributed by atoms with van der Waals surface area (Å²) in [6.45, 7) is 5.30. The summed E-state index contributed by atoms with van der Waals surface area (Å²) in [4.78, 5) is 36.9. The summed E-state index contributed by atoms with van der Waals surface area (Å²) < 4.78 is 0. The number of amides is 2. The third-order valence-corrected chi connectivity index (χ3v) is 5.64. The Morgan fingerprint density at radius 2 is 1.90 bits per heavy atom. The summed E-state index contributed by atoms with van der Waals surface area (Å²) in [5.74, 6) is 0.390. The van der Waals surface area contributed by atoms with E-state index >= 15 is 0 Å². The number of para-hydroxylation sites is 1. The van der Waals surface area contributed by atoms with E-state index in [0.29, 0.717) is 12.1 Å². The van der Waals surface area contributed by atoms with Crippen molar-refractivity contribution >= 4 is 34.2 Å². The molecule has 1 aliphatic heterocycles. The number of carbonyl (C=O) groups excluding carboxylic acids is 2. The number of piperazine rings is 1. The lowest BCUT2D eigenvalue weighted by Gasteiger charge is -2.33. The van der Waals surface area contributed by atoms with E-state index < -0.39 is 6.04 Å². The lowest BCUT2D eigenvalue weighted by atomic mass is 10.0. The second kappa shape index (κ2) is 9.18. The Morgan fingerprint density at radius 3 is 2.61 bits per heavy atom. The number of aromatic amines is 1. The van der Waals surface area contributed by atoms with Crippen LogP contribution in [0.15, 0.2) is 48.8 Å². The molecule has 4 rings (SSSR count). The smallest absolute Gasteiger partial charge is 0.247 e. The van der Waals surface area contributed by atoms with E-state index in [1.54, 1.807) is 6.20 Å². The molecule has 2 aromatic heterocycles. The Kier molecular flexibility index (Phi) is 6.18. The van der Waals surface area contributed by atoms with Crippen LogP contribution in [0.25, 0.3) is 10.9 Å².